The van der Waals surface area contributed by atoms with E-state index in [0.29, 0.717) is 5.56 Å². The summed E-state index contributed by atoms with van der Waals surface area (Å²) in [6.07, 6.45) is -0.102. The van der Waals surface area contributed by atoms with Gasteiger partial charge in [-0.25, -0.2) is 4.79 Å². The smallest absolute Gasteiger partial charge is 0.418 e. The molecular formula is C13H14NO6. The van der Waals surface area contributed by atoms with Gasteiger partial charge in [0.2, 0.25) is 0 Å². The molecule has 0 unspecified atom stereocenters. The Labute approximate surface area is 115 Å². The van der Waals surface area contributed by atoms with Gasteiger partial charge in [-0.2, -0.15) is 0 Å². The van der Waals surface area contributed by atoms with Crippen LogP contribution in [-0.4, -0.2) is 23.0 Å². The third kappa shape index (κ3) is 5.05. The molecule has 7 nitrogen and oxygen atoms in total. The minimum absolute atomic E-state index is 0.00227. The zero-order valence-electron chi connectivity index (χ0n) is 11.1. The molecule has 107 valence electrons. The second-order valence-corrected chi connectivity index (χ2v) is 4.71. The molecule has 0 bridgehead atoms. The quantitative estimate of drug-likeness (QED) is 0.430. The van der Waals surface area contributed by atoms with Crippen molar-refractivity contribution in [2.45, 2.75) is 32.5 Å². The number of benzene rings is 1. The third-order valence-corrected chi connectivity index (χ3v) is 2.44. The Balaban J connectivity index is 2.48. The molecule has 0 amide bonds. The molecule has 1 aromatic carbocycles. The largest absolute Gasteiger partial charge is 0.461 e. The van der Waals surface area contributed by atoms with E-state index in [1.807, 2.05) is 0 Å². The second kappa shape index (κ2) is 6.65. The lowest BCUT2D eigenvalue weighted by Crippen LogP contribution is -2.28. The summed E-state index contributed by atoms with van der Waals surface area (Å²) in [7, 11) is 0. The first-order valence-corrected chi connectivity index (χ1v) is 5.78. The van der Waals surface area contributed by atoms with Gasteiger partial charge in [0.15, 0.2) is 0 Å². The van der Waals surface area contributed by atoms with E-state index in [4.69, 9.17) is 4.74 Å². The van der Waals surface area contributed by atoms with E-state index >= 15 is 0 Å². The predicted molar refractivity (Wildman–Crippen MR) is 68.4 cm³/mol. The van der Waals surface area contributed by atoms with Crippen LogP contribution >= 0.6 is 0 Å². The van der Waals surface area contributed by atoms with Gasteiger partial charge in [0.25, 0.3) is 5.69 Å². The van der Waals surface area contributed by atoms with Crippen molar-refractivity contribution in [2.75, 3.05) is 0 Å². The van der Waals surface area contributed by atoms with Crippen molar-refractivity contribution in [3.8, 4) is 0 Å². The van der Waals surface area contributed by atoms with Gasteiger partial charge in [-0.1, -0.05) is 0 Å². The number of nitro benzene ring substituents is 1. The number of ether oxygens (including phenoxy) is 2. The van der Waals surface area contributed by atoms with E-state index in [1.54, 1.807) is 13.8 Å². The standard InChI is InChI=1S/C13H14NO6/c1-13(2,20-9-15)7-12(16)19-8-10-3-5-11(6-4-10)14(17)18/h3-6H,7-8H2,1-2H3. The summed E-state index contributed by atoms with van der Waals surface area (Å²) in [6.45, 7) is 4.40. The highest BCUT2D eigenvalue weighted by atomic mass is 16.6. The number of nitro groups is 1. The molecule has 0 saturated heterocycles. The van der Waals surface area contributed by atoms with Gasteiger partial charge in [0.1, 0.15) is 12.2 Å². The van der Waals surface area contributed by atoms with E-state index in [-0.39, 0.29) is 18.7 Å². The summed E-state index contributed by atoms with van der Waals surface area (Å²) < 4.78 is 9.60. The van der Waals surface area contributed by atoms with Crippen molar-refractivity contribution in [1.82, 2.24) is 0 Å². The van der Waals surface area contributed by atoms with Crippen molar-refractivity contribution in [1.29, 1.82) is 0 Å². The molecule has 0 heterocycles. The molecule has 0 spiro atoms. The lowest BCUT2D eigenvalue weighted by Gasteiger charge is -2.20. The van der Waals surface area contributed by atoms with E-state index in [0.717, 1.165) is 0 Å². The molecule has 0 aliphatic carbocycles. The van der Waals surface area contributed by atoms with Crippen molar-refractivity contribution in [2.24, 2.45) is 0 Å². The molecule has 20 heavy (non-hydrogen) atoms. The molecule has 0 aliphatic heterocycles. The number of nitrogens with zero attached hydrogens (tertiary/aromatic N) is 1. The third-order valence-electron chi connectivity index (χ3n) is 2.44. The van der Waals surface area contributed by atoms with Gasteiger partial charge in [-0.05, 0) is 31.5 Å². The summed E-state index contributed by atoms with van der Waals surface area (Å²) in [6, 6.07) is 5.67. The molecule has 0 aliphatic rings. The number of esters is 1. The van der Waals surface area contributed by atoms with Crippen LogP contribution in [0.5, 0.6) is 0 Å². The maximum Gasteiger partial charge on any atom is 0.418 e. The number of rotatable bonds is 7. The molecule has 1 aromatic rings. The van der Waals surface area contributed by atoms with Gasteiger partial charge in [-0.3, -0.25) is 14.9 Å². The van der Waals surface area contributed by atoms with E-state index in [2.05, 4.69) is 4.74 Å². The molecule has 0 N–H and O–H groups in total. The monoisotopic (exact) mass is 280 g/mol. The molecule has 0 saturated carbocycles. The molecule has 1 rings (SSSR count). The summed E-state index contributed by atoms with van der Waals surface area (Å²) in [5, 5.41) is 10.5. The zero-order valence-corrected chi connectivity index (χ0v) is 11.1. The molecule has 0 atom stereocenters. The summed E-state index contributed by atoms with van der Waals surface area (Å²) >= 11 is 0. The SMILES string of the molecule is CC(C)(CC(=O)OCc1ccc([N+](=O)[O-])cc1)O[C]=O. The van der Waals surface area contributed by atoms with Gasteiger partial charge < -0.3 is 9.47 Å². The first-order valence-electron chi connectivity index (χ1n) is 5.78. The number of carbonyl (C=O) groups excluding carboxylic acids is 2. The minimum Gasteiger partial charge on any atom is -0.461 e. The first kappa shape index (κ1) is 15.6. The van der Waals surface area contributed by atoms with Gasteiger partial charge in [0.05, 0.1) is 11.3 Å². The fourth-order valence-corrected chi connectivity index (χ4v) is 1.43. The van der Waals surface area contributed by atoms with Crippen LogP contribution in [0.3, 0.4) is 0 Å². The van der Waals surface area contributed by atoms with E-state index in [1.165, 1.54) is 30.7 Å². The Kier molecular flexibility index (Phi) is 5.19. The Morgan fingerprint density at radius 1 is 1.35 bits per heavy atom. The average molecular weight is 280 g/mol. The van der Waals surface area contributed by atoms with E-state index < -0.39 is 16.5 Å². The Morgan fingerprint density at radius 3 is 2.45 bits per heavy atom. The zero-order chi connectivity index (χ0) is 15.2. The average Bonchev–Trinajstić information content (AvgIpc) is 2.36. The lowest BCUT2D eigenvalue weighted by molar-refractivity contribution is -0.384. The van der Waals surface area contributed by atoms with Crippen LogP contribution in [0.1, 0.15) is 25.8 Å². The topological polar surface area (TPSA) is 95.7 Å². The fraction of sp³-hybridized carbons (Fsp3) is 0.385. The first-order chi connectivity index (χ1) is 9.34. The second-order valence-electron chi connectivity index (χ2n) is 4.71. The van der Waals surface area contributed by atoms with Crippen molar-refractivity contribution >= 4 is 18.1 Å². The Morgan fingerprint density at radius 2 is 1.95 bits per heavy atom. The summed E-state index contributed by atoms with van der Waals surface area (Å²) in [4.78, 5) is 31.6. The molecule has 0 fully saturated rings. The number of hydrogen-bond donors (Lipinski definition) is 0. The van der Waals surface area contributed by atoms with Crippen molar-refractivity contribution in [3.63, 3.8) is 0 Å². The Hall–Kier alpha value is -2.44. The normalized spacial score (nSPS) is 10.7. The van der Waals surface area contributed by atoms with Crippen LogP contribution in [0.4, 0.5) is 5.69 Å². The van der Waals surface area contributed by atoms with Crippen LogP contribution in [0.2, 0.25) is 0 Å². The van der Waals surface area contributed by atoms with Crippen LogP contribution in [-0.2, 0) is 25.7 Å². The van der Waals surface area contributed by atoms with Crippen LogP contribution in [0.25, 0.3) is 0 Å². The predicted octanol–water partition coefficient (Wildman–Crippen LogP) is 1.89. The van der Waals surface area contributed by atoms with Crippen LogP contribution in [0, 0.1) is 10.1 Å². The number of carbonyl (C=O) groups is 1. The highest BCUT2D eigenvalue weighted by molar-refractivity contribution is 5.70. The summed E-state index contributed by atoms with van der Waals surface area (Å²) in [5.74, 6) is -0.538. The van der Waals surface area contributed by atoms with E-state index in [9.17, 15) is 19.7 Å². The maximum absolute atomic E-state index is 11.5. The fourth-order valence-electron chi connectivity index (χ4n) is 1.43. The van der Waals surface area contributed by atoms with Crippen LogP contribution in [0.15, 0.2) is 24.3 Å². The van der Waals surface area contributed by atoms with Gasteiger partial charge in [0, 0.05) is 12.1 Å². The molecular weight excluding hydrogens is 266 g/mol. The van der Waals surface area contributed by atoms with Gasteiger partial charge in [-0.15, -0.1) is 0 Å². The van der Waals surface area contributed by atoms with Crippen LogP contribution < -0.4 is 0 Å². The molecule has 0 aromatic heterocycles. The summed E-state index contributed by atoms with van der Waals surface area (Å²) in [5.41, 5.74) is -0.380. The minimum atomic E-state index is -0.978. The Bertz CT molecular complexity index is 494. The molecule has 1 radical (unpaired) electrons. The maximum atomic E-state index is 11.5. The van der Waals surface area contributed by atoms with Gasteiger partial charge >= 0.3 is 12.4 Å². The van der Waals surface area contributed by atoms with Crippen molar-refractivity contribution in [3.05, 3.63) is 39.9 Å². The highest BCUT2D eigenvalue weighted by Gasteiger charge is 2.24. The molecule has 7 heteroatoms. The lowest BCUT2D eigenvalue weighted by atomic mass is 10.1. The van der Waals surface area contributed by atoms with Crippen molar-refractivity contribution < 1.29 is 24.0 Å². The highest BCUT2D eigenvalue weighted by Crippen LogP contribution is 2.16. The number of hydrogen-bond acceptors (Lipinski definition) is 6. The number of non-ortho nitro benzene ring substituents is 1.